The highest BCUT2D eigenvalue weighted by Gasteiger charge is 2.29. The van der Waals surface area contributed by atoms with Gasteiger partial charge in [0.15, 0.2) is 0 Å². The first-order valence-electron chi connectivity index (χ1n) is 9.01. The fraction of sp³-hybridized carbons (Fsp3) is 0.667. The molecule has 0 radical (unpaired) electrons. The Morgan fingerprint density at radius 3 is 2.54 bits per heavy atom. The van der Waals surface area contributed by atoms with E-state index in [1.54, 1.807) is 0 Å². The Morgan fingerprint density at radius 2 is 1.92 bits per heavy atom. The van der Waals surface area contributed by atoms with Crippen LogP contribution in [0.15, 0.2) is 18.3 Å². The summed E-state index contributed by atoms with van der Waals surface area (Å²) in [6.45, 7) is 10.2. The van der Waals surface area contributed by atoms with Crippen molar-refractivity contribution < 1.29 is 9.53 Å². The molecule has 1 aromatic rings. The molecule has 2 fully saturated rings. The van der Waals surface area contributed by atoms with E-state index in [4.69, 9.17) is 4.74 Å². The molecule has 1 aromatic heterocycles. The molecule has 2 aliphatic rings. The zero-order valence-electron chi connectivity index (χ0n) is 14.8. The van der Waals surface area contributed by atoms with E-state index in [-0.39, 0.29) is 6.09 Å². The maximum Gasteiger partial charge on any atom is 0.409 e. The van der Waals surface area contributed by atoms with Gasteiger partial charge in [0.05, 0.1) is 6.61 Å². The van der Waals surface area contributed by atoms with Crippen LogP contribution in [0.3, 0.4) is 0 Å². The summed E-state index contributed by atoms with van der Waals surface area (Å²) in [5, 5.41) is 0. The zero-order valence-corrected chi connectivity index (χ0v) is 14.8. The molecule has 0 unspecified atom stereocenters. The molecule has 3 rings (SSSR count). The number of pyridine rings is 1. The minimum Gasteiger partial charge on any atom is -0.450 e. The van der Waals surface area contributed by atoms with E-state index in [0.717, 1.165) is 57.9 Å². The number of anilines is 1. The second-order valence-electron chi connectivity index (χ2n) is 6.58. The summed E-state index contributed by atoms with van der Waals surface area (Å²) in [5.74, 6) is 1.12. The van der Waals surface area contributed by atoms with Gasteiger partial charge in [0, 0.05) is 51.5 Å². The van der Waals surface area contributed by atoms with Gasteiger partial charge in [0.2, 0.25) is 0 Å². The van der Waals surface area contributed by atoms with Gasteiger partial charge in [-0.25, -0.2) is 9.78 Å². The number of aromatic nitrogens is 1. The van der Waals surface area contributed by atoms with Crippen molar-refractivity contribution in [2.75, 3.05) is 50.8 Å². The lowest BCUT2D eigenvalue weighted by molar-refractivity contribution is 0.0729. The van der Waals surface area contributed by atoms with Crippen LogP contribution in [0.5, 0.6) is 0 Å². The summed E-state index contributed by atoms with van der Waals surface area (Å²) in [6, 6.07) is 4.70. The molecule has 24 heavy (non-hydrogen) atoms. The Kier molecular flexibility index (Phi) is 5.56. The topological polar surface area (TPSA) is 48.9 Å². The van der Waals surface area contributed by atoms with Crippen LogP contribution in [0, 0.1) is 6.92 Å². The lowest BCUT2D eigenvalue weighted by atomic mass is 10.0. The molecule has 0 spiro atoms. The van der Waals surface area contributed by atoms with Crippen LogP contribution in [0.4, 0.5) is 10.6 Å². The molecule has 2 saturated heterocycles. The SMILES string of the molecule is CCOC(=O)N1CCC(N2CCN(c3ncccc3C)CC2)CC1. The summed E-state index contributed by atoms with van der Waals surface area (Å²) in [4.78, 5) is 23.1. The molecule has 0 bridgehead atoms. The Hall–Kier alpha value is -1.82. The van der Waals surface area contributed by atoms with Crippen LogP contribution in [0.2, 0.25) is 0 Å². The van der Waals surface area contributed by atoms with E-state index in [2.05, 4.69) is 27.8 Å². The number of piperidine rings is 1. The monoisotopic (exact) mass is 332 g/mol. The number of piperazine rings is 1. The van der Waals surface area contributed by atoms with Gasteiger partial charge >= 0.3 is 6.09 Å². The van der Waals surface area contributed by atoms with Crippen molar-refractivity contribution in [1.82, 2.24) is 14.8 Å². The van der Waals surface area contributed by atoms with Crippen LogP contribution in [0.1, 0.15) is 25.3 Å². The number of rotatable bonds is 3. The quantitative estimate of drug-likeness (QED) is 0.849. The van der Waals surface area contributed by atoms with Crippen LogP contribution < -0.4 is 4.90 Å². The van der Waals surface area contributed by atoms with E-state index in [9.17, 15) is 4.79 Å². The molecular weight excluding hydrogens is 304 g/mol. The molecule has 0 atom stereocenters. The summed E-state index contributed by atoms with van der Waals surface area (Å²) in [5.41, 5.74) is 1.24. The predicted molar refractivity (Wildman–Crippen MR) is 94.4 cm³/mol. The minimum atomic E-state index is -0.161. The van der Waals surface area contributed by atoms with Gasteiger partial charge in [-0.1, -0.05) is 6.07 Å². The number of carbonyl (C=O) groups excluding carboxylic acids is 1. The fourth-order valence-electron chi connectivity index (χ4n) is 3.74. The molecule has 0 aromatic carbocycles. The van der Waals surface area contributed by atoms with Crippen molar-refractivity contribution in [2.24, 2.45) is 0 Å². The van der Waals surface area contributed by atoms with Crippen LogP contribution in [-0.2, 0) is 4.74 Å². The maximum absolute atomic E-state index is 11.8. The number of carbonyl (C=O) groups is 1. The van der Waals surface area contributed by atoms with Gasteiger partial charge in [-0.2, -0.15) is 0 Å². The first kappa shape index (κ1) is 17.0. The van der Waals surface area contributed by atoms with Crippen molar-refractivity contribution in [3.63, 3.8) is 0 Å². The lowest BCUT2D eigenvalue weighted by Gasteiger charge is -2.43. The van der Waals surface area contributed by atoms with Crippen LogP contribution >= 0.6 is 0 Å². The van der Waals surface area contributed by atoms with Crippen LogP contribution in [0.25, 0.3) is 0 Å². The Bertz CT molecular complexity index is 550. The minimum absolute atomic E-state index is 0.161. The number of hydrogen-bond acceptors (Lipinski definition) is 5. The molecule has 6 nitrogen and oxygen atoms in total. The number of ether oxygens (including phenoxy) is 1. The normalized spacial score (nSPS) is 20.2. The summed E-state index contributed by atoms with van der Waals surface area (Å²) >= 11 is 0. The Morgan fingerprint density at radius 1 is 1.21 bits per heavy atom. The van der Waals surface area contributed by atoms with E-state index in [0.29, 0.717) is 12.6 Å². The van der Waals surface area contributed by atoms with Gasteiger partial charge < -0.3 is 14.5 Å². The Labute approximate surface area is 144 Å². The van der Waals surface area contributed by atoms with Crippen molar-refractivity contribution in [1.29, 1.82) is 0 Å². The van der Waals surface area contributed by atoms with Crippen LogP contribution in [-0.4, -0.2) is 72.8 Å². The first-order valence-corrected chi connectivity index (χ1v) is 9.01. The molecule has 2 aliphatic heterocycles. The van der Waals surface area contributed by atoms with Crippen molar-refractivity contribution in [2.45, 2.75) is 32.7 Å². The predicted octanol–water partition coefficient (Wildman–Crippen LogP) is 2.13. The third-order valence-electron chi connectivity index (χ3n) is 5.10. The van der Waals surface area contributed by atoms with Gasteiger partial charge in [0.25, 0.3) is 0 Å². The largest absolute Gasteiger partial charge is 0.450 e. The number of likely N-dealkylation sites (tertiary alicyclic amines) is 1. The highest BCUT2D eigenvalue weighted by atomic mass is 16.6. The van der Waals surface area contributed by atoms with Crippen molar-refractivity contribution >= 4 is 11.9 Å². The van der Waals surface area contributed by atoms with Gasteiger partial charge in [-0.15, -0.1) is 0 Å². The molecular formula is C18H28N4O2. The van der Waals surface area contributed by atoms with Gasteiger partial charge in [-0.05, 0) is 38.3 Å². The Balaban J connectivity index is 1.48. The smallest absolute Gasteiger partial charge is 0.409 e. The highest BCUT2D eigenvalue weighted by Crippen LogP contribution is 2.22. The van der Waals surface area contributed by atoms with Gasteiger partial charge in [-0.3, -0.25) is 4.90 Å². The second-order valence-corrected chi connectivity index (χ2v) is 6.58. The van der Waals surface area contributed by atoms with E-state index in [1.807, 2.05) is 24.1 Å². The van der Waals surface area contributed by atoms with Crippen molar-refractivity contribution in [3.8, 4) is 0 Å². The lowest BCUT2D eigenvalue weighted by Crippen LogP contribution is -2.54. The number of hydrogen-bond donors (Lipinski definition) is 0. The fourth-order valence-corrected chi connectivity index (χ4v) is 3.74. The maximum atomic E-state index is 11.8. The number of aryl methyl sites for hydroxylation is 1. The zero-order chi connectivity index (χ0) is 16.9. The third kappa shape index (κ3) is 3.80. The molecule has 0 aliphatic carbocycles. The van der Waals surface area contributed by atoms with E-state index < -0.39 is 0 Å². The summed E-state index contributed by atoms with van der Waals surface area (Å²) in [7, 11) is 0. The third-order valence-corrected chi connectivity index (χ3v) is 5.10. The second kappa shape index (κ2) is 7.83. The average molecular weight is 332 g/mol. The summed E-state index contributed by atoms with van der Waals surface area (Å²) in [6.07, 6.45) is 3.80. The number of amides is 1. The molecule has 0 saturated carbocycles. The molecule has 0 N–H and O–H groups in total. The van der Waals surface area contributed by atoms with Crippen molar-refractivity contribution in [3.05, 3.63) is 23.9 Å². The highest BCUT2D eigenvalue weighted by molar-refractivity contribution is 5.67. The standard InChI is InChI=1S/C18H28N4O2/c1-3-24-18(23)22-9-6-16(7-10-22)20-11-13-21(14-12-20)17-15(2)5-4-8-19-17/h4-5,8,16H,3,6-7,9-14H2,1-2H3. The molecule has 6 heteroatoms. The first-order chi connectivity index (χ1) is 11.7. The van der Waals surface area contributed by atoms with E-state index >= 15 is 0 Å². The van der Waals surface area contributed by atoms with E-state index in [1.165, 1.54) is 5.56 Å². The molecule has 3 heterocycles. The number of nitrogens with zero attached hydrogens (tertiary/aromatic N) is 4. The molecule has 132 valence electrons. The molecule has 1 amide bonds. The average Bonchev–Trinajstić information content (AvgIpc) is 2.63. The van der Waals surface area contributed by atoms with Gasteiger partial charge in [0.1, 0.15) is 5.82 Å². The summed E-state index contributed by atoms with van der Waals surface area (Å²) < 4.78 is 5.10.